The first-order valence-electron chi connectivity index (χ1n) is 6.34. The van der Waals surface area contributed by atoms with Crippen molar-refractivity contribution < 1.29 is 14.5 Å². The van der Waals surface area contributed by atoms with Crippen LogP contribution in [0, 0.1) is 17.0 Å². The maximum absolute atomic E-state index is 12.1. The SMILES string of the molecule is Cc1c(COC(=O)c2nc(Cl)c(Cl)c(Cl)c2Cl)cccc1[N+](=O)[O-]. The molecule has 2 rings (SSSR count). The zero-order valence-electron chi connectivity index (χ0n) is 12.0. The Morgan fingerprint density at radius 2 is 1.88 bits per heavy atom. The average molecular weight is 410 g/mol. The van der Waals surface area contributed by atoms with Crippen LogP contribution in [0.25, 0.3) is 0 Å². The molecule has 0 aliphatic rings. The Morgan fingerprint density at radius 3 is 2.50 bits per heavy atom. The highest BCUT2D eigenvalue weighted by molar-refractivity contribution is 6.52. The molecule has 0 fully saturated rings. The van der Waals surface area contributed by atoms with E-state index < -0.39 is 10.9 Å². The average Bonchev–Trinajstić information content (AvgIpc) is 2.54. The fourth-order valence-corrected chi connectivity index (χ4v) is 2.66. The number of benzene rings is 1. The topological polar surface area (TPSA) is 82.3 Å². The fourth-order valence-electron chi connectivity index (χ4n) is 1.86. The quantitative estimate of drug-likeness (QED) is 0.297. The summed E-state index contributed by atoms with van der Waals surface area (Å²) in [6, 6.07) is 4.46. The summed E-state index contributed by atoms with van der Waals surface area (Å²) in [4.78, 5) is 26.3. The predicted molar refractivity (Wildman–Crippen MR) is 91.2 cm³/mol. The number of esters is 1. The maximum atomic E-state index is 12.1. The summed E-state index contributed by atoms with van der Waals surface area (Å²) in [5, 5.41) is 10.3. The summed E-state index contributed by atoms with van der Waals surface area (Å²) in [6.45, 7) is 1.35. The normalized spacial score (nSPS) is 10.5. The summed E-state index contributed by atoms with van der Waals surface area (Å²) >= 11 is 23.3. The third-order valence-electron chi connectivity index (χ3n) is 3.15. The molecule has 24 heavy (non-hydrogen) atoms. The predicted octanol–water partition coefficient (Wildman–Crippen LogP) is 5.27. The van der Waals surface area contributed by atoms with Crippen LogP contribution in [-0.2, 0) is 11.3 Å². The van der Waals surface area contributed by atoms with Crippen molar-refractivity contribution in [2.24, 2.45) is 0 Å². The minimum absolute atomic E-state index is 0.0720. The van der Waals surface area contributed by atoms with E-state index in [4.69, 9.17) is 51.1 Å². The van der Waals surface area contributed by atoms with Crippen molar-refractivity contribution in [2.75, 3.05) is 0 Å². The molecule has 0 atom stereocenters. The minimum atomic E-state index is -0.883. The van der Waals surface area contributed by atoms with Gasteiger partial charge >= 0.3 is 5.97 Å². The first-order chi connectivity index (χ1) is 11.2. The van der Waals surface area contributed by atoms with E-state index in [-0.39, 0.29) is 38.2 Å². The van der Waals surface area contributed by atoms with Gasteiger partial charge in [-0.2, -0.15) is 0 Å². The molecule has 10 heteroatoms. The minimum Gasteiger partial charge on any atom is -0.456 e. The molecule has 0 saturated heterocycles. The molecule has 1 aromatic carbocycles. The van der Waals surface area contributed by atoms with Crippen LogP contribution in [0.1, 0.15) is 21.6 Å². The Hall–Kier alpha value is -1.60. The number of pyridine rings is 1. The summed E-state index contributed by atoms with van der Waals surface area (Å²) in [7, 11) is 0. The Kier molecular flexibility index (Phi) is 5.87. The third-order valence-corrected chi connectivity index (χ3v) is 4.83. The Morgan fingerprint density at radius 1 is 1.21 bits per heavy atom. The van der Waals surface area contributed by atoms with Gasteiger partial charge in [0.1, 0.15) is 11.8 Å². The van der Waals surface area contributed by atoms with E-state index in [9.17, 15) is 14.9 Å². The van der Waals surface area contributed by atoms with Gasteiger partial charge in [-0.1, -0.05) is 58.5 Å². The van der Waals surface area contributed by atoms with Crippen molar-refractivity contribution in [3.8, 4) is 0 Å². The van der Waals surface area contributed by atoms with Gasteiger partial charge in [-0.05, 0) is 12.5 Å². The smallest absolute Gasteiger partial charge is 0.358 e. The number of ether oxygens (including phenoxy) is 1. The van der Waals surface area contributed by atoms with Crippen LogP contribution >= 0.6 is 46.4 Å². The zero-order chi connectivity index (χ0) is 18.0. The van der Waals surface area contributed by atoms with Crippen LogP contribution in [0.5, 0.6) is 0 Å². The molecule has 6 nitrogen and oxygen atoms in total. The number of nitro benzene ring substituents is 1. The highest BCUT2D eigenvalue weighted by Crippen LogP contribution is 2.36. The maximum Gasteiger partial charge on any atom is 0.358 e. The number of rotatable bonds is 4. The molecule has 2 aromatic rings. The molecular weight excluding hydrogens is 402 g/mol. The van der Waals surface area contributed by atoms with Gasteiger partial charge < -0.3 is 4.74 Å². The van der Waals surface area contributed by atoms with E-state index in [1.165, 1.54) is 12.1 Å². The lowest BCUT2D eigenvalue weighted by Crippen LogP contribution is -2.10. The summed E-state index contributed by atoms with van der Waals surface area (Å²) in [5.74, 6) is -0.883. The molecule has 1 heterocycles. The number of hydrogen-bond acceptors (Lipinski definition) is 5. The van der Waals surface area contributed by atoms with Crippen LogP contribution in [0.4, 0.5) is 5.69 Å². The largest absolute Gasteiger partial charge is 0.456 e. The molecule has 126 valence electrons. The first kappa shape index (κ1) is 18.7. The molecule has 0 spiro atoms. The van der Waals surface area contributed by atoms with Crippen molar-refractivity contribution in [1.82, 2.24) is 4.98 Å². The van der Waals surface area contributed by atoms with Gasteiger partial charge in [-0.3, -0.25) is 10.1 Å². The molecule has 0 aliphatic heterocycles. The van der Waals surface area contributed by atoms with Gasteiger partial charge in [0.2, 0.25) is 0 Å². The molecule has 0 saturated carbocycles. The molecule has 0 bridgehead atoms. The van der Waals surface area contributed by atoms with Crippen molar-refractivity contribution in [1.29, 1.82) is 0 Å². The van der Waals surface area contributed by atoms with Gasteiger partial charge in [-0.25, -0.2) is 9.78 Å². The van der Waals surface area contributed by atoms with Crippen LogP contribution < -0.4 is 0 Å². The first-order valence-corrected chi connectivity index (χ1v) is 7.85. The second-order valence-corrected chi connectivity index (χ2v) is 6.08. The molecule has 1 aromatic heterocycles. The molecular formula is C14H8Cl4N2O4. The molecule has 0 radical (unpaired) electrons. The fraction of sp³-hybridized carbons (Fsp3) is 0.143. The lowest BCUT2D eigenvalue weighted by atomic mass is 10.1. The van der Waals surface area contributed by atoms with Gasteiger partial charge in [0.05, 0.1) is 20.0 Å². The standard InChI is InChI=1S/C14H8Cl4N2O4/c1-6-7(3-2-4-8(6)20(22)23)5-24-14(21)12-10(16)9(15)11(17)13(18)19-12/h2-4H,5H2,1H3. The lowest BCUT2D eigenvalue weighted by molar-refractivity contribution is -0.385. The third kappa shape index (κ3) is 3.72. The Bertz CT molecular complexity index is 842. The number of hydrogen-bond donors (Lipinski definition) is 0. The van der Waals surface area contributed by atoms with Gasteiger partial charge in [0.15, 0.2) is 5.69 Å². The number of aromatic nitrogens is 1. The lowest BCUT2D eigenvalue weighted by Gasteiger charge is -2.10. The van der Waals surface area contributed by atoms with Gasteiger partial charge in [0, 0.05) is 11.6 Å². The van der Waals surface area contributed by atoms with Crippen molar-refractivity contribution in [3.05, 3.63) is 65.4 Å². The number of carbonyl (C=O) groups excluding carboxylic acids is 1. The van der Waals surface area contributed by atoms with Crippen LogP contribution in [0.3, 0.4) is 0 Å². The van der Waals surface area contributed by atoms with E-state index in [1.807, 2.05) is 0 Å². The summed E-state index contributed by atoms with van der Waals surface area (Å²) < 4.78 is 5.09. The zero-order valence-corrected chi connectivity index (χ0v) is 15.0. The van der Waals surface area contributed by atoms with Crippen LogP contribution in [-0.4, -0.2) is 15.9 Å². The number of halogens is 4. The van der Waals surface area contributed by atoms with E-state index in [0.29, 0.717) is 11.1 Å². The second-order valence-electron chi connectivity index (χ2n) is 4.59. The van der Waals surface area contributed by atoms with Crippen molar-refractivity contribution >= 4 is 58.1 Å². The summed E-state index contributed by atoms with van der Waals surface area (Å²) in [6.07, 6.45) is 0. The van der Waals surface area contributed by atoms with Crippen LogP contribution in [0.15, 0.2) is 18.2 Å². The van der Waals surface area contributed by atoms with Crippen LogP contribution in [0.2, 0.25) is 20.2 Å². The second kappa shape index (κ2) is 7.53. The molecule has 0 unspecified atom stereocenters. The number of nitrogens with zero attached hydrogens (tertiary/aromatic N) is 2. The van der Waals surface area contributed by atoms with Crippen molar-refractivity contribution in [3.63, 3.8) is 0 Å². The highest BCUT2D eigenvalue weighted by atomic mass is 35.5. The summed E-state index contributed by atoms with van der Waals surface area (Å²) in [5.41, 5.74) is 0.498. The van der Waals surface area contributed by atoms with E-state index in [0.717, 1.165) is 0 Å². The van der Waals surface area contributed by atoms with Gasteiger partial charge in [0.25, 0.3) is 5.69 Å². The van der Waals surface area contributed by atoms with E-state index in [2.05, 4.69) is 4.98 Å². The number of nitro groups is 1. The van der Waals surface area contributed by atoms with E-state index >= 15 is 0 Å². The Labute approximate surface area is 156 Å². The monoisotopic (exact) mass is 408 g/mol. The van der Waals surface area contributed by atoms with Gasteiger partial charge in [-0.15, -0.1) is 0 Å². The molecule has 0 amide bonds. The highest BCUT2D eigenvalue weighted by Gasteiger charge is 2.22. The molecule has 0 N–H and O–H groups in total. The van der Waals surface area contributed by atoms with Crippen molar-refractivity contribution in [2.45, 2.75) is 13.5 Å². The molecule has 0 aliphatic carbocycles. The van der Waals surface area contributed by atoms with E-state index in [1.54, 1.807) is 13.0 Å². The number of carbonyl (C=O) groups is 1. The Balaban J connectivity index is 2.24.